The molecule has 0 fully saturated rings. The number of fused-ring (bicyclic) bond motifs is 3. The number of nitrogens with zero attached hydrogens (tertiary/aromatic N) is 1. The summed E-state index contributed by atoms with van der Waals surface area (Å²) < 4.78 is 0. The van der Waals surface area contributed by atoms with E-state index in [2.05, 4.69) is 97.1 Å². The first-order valence-electron chi connectivity index (χ1n) is 8.83. The SMILES string of the molecule is c1ccc(-c2ccnc3c2ccc2cccc(-c4ccccc4)c23)cc1. The summed E-state index contributed by atoms with van der Waals surface area (Å²) >= 11 is 0. The maximum Gasteiger partial charge on any atom is 0.0792 e. The Morgan fingerprint density at radius 2 is 1.19 bits per heavy atom. The lowest BCUT2D eigenvalue weighted by Crippen LogP contribution is -1.88. The summed E-state index contributed by atoms with van der Waals surface area (Å²) in [6.45, 7) is 0. The molecule has 0 aliphatic heterocycles. The summed E-state index contributed by atoms with van der Waals surface area (Å²) in [6.07, 6.45) is 1.92. The van der Waals surface area contributed by atoms with Crippen LogP contribution in [-0.4, -0.2) is 4.98 Å². The van der Waals surface area contributed by atoms with Crippen LogP contribution in [0.3, 0.4) is 0 Å². The molecule has 0 radical (unpaired) electrons. The highest BCUT2D eigenvalue weighted by Crippen LogP contribution is 2.36. The summed E-state index contributed by atoms with van der Waals surface area (Å²) in [5.41, 5.74) is 5.95. The maximum absolute atomic E-state index is 4.78. The molecule has 5 aromatic rings. The van der Waals surface area contributed by atoms with Crippen molar-refractivity contribution in [3.63, 3.8) is 0 Å². The quantitative estimate of drug-likeness (QED) is 0.327. The van der Waals surface area contributed by atoms with Crippen molar-refractivity contribution < 1.29 is 0 Å². The van der Waals surface area contributed by atoms with Crippen molar-refractivity contribution in [1.29, 1.82) is 0 Å². The fourth-order valence-corrected chi connectivity index (χ4v) is 3.72. The van der Waals surface area contributed by atoms with E-state index >= 15 is 0 Å². The number of aromatic nitrogens is 1. The molecule has 122 valence electrons. The van der Waals surface area contributed by atoms with Gasteiger partial charge in [0.1, 0.15) is 0 Å². The van der Waals surface area contributed by atoms with Crippen molar-refractivity contribution in [2.45, 2.75) is 0 Å². The van der Waals surface area contributed by atoms with Gasteiger partial charge in [-0.2, -0.15) is 0 Å². The minimum absolute atomic E-state index is 1.06. The van der Waals surface area contributed by atoms with Gasteiger partial charge in [0.25, 0.3) is 0 Å². The normalized spacial score (nSPS) is 11.1. The lowest BCUT2D eigenvalue weighted by Gasteiger charge is -2.12. The molecule has 0 bridgehead atoms. The van der Waals surface area contributed by atoms with E-state index in [0.29, 0.717) is 0 Å². The van der Waals surface area contributed by atoms with E-state index in [-0.39, 0.29) is 0 Å². The minimum Gasteiger partial charge on any atom is -0.256 e. The highest BCUT2D eigenvalue weighted by Gasteiger charge is 2.11. The molecule has 1 aromatic heterocycles. The monoisotopic (exact) mass is 331 g/mol. The van der Waals surface area contributed by atoms with Gasteiger partial charge >= 0.3 is 0 Å². The third-order valence-corrected chi connectivity index (χ3v) is 4.92. The van der Waals surface area contributed by atoms with E-state index in [1.807, 2.05) is 6.20 Å². The highest BCUT2D eigenvalue weighted by molar-refractivity contribution is 6.15. The molecule has 0 saturated carbocycles. The van der Waals surface area contributed by atoms with Gasteiger partial charge in [-0.25, -0.2) is 0 Å². The van der Waals surface area contributed by atoms with E-state index in [1.54, 1.807) is 0 Å². The zero-order valence-electron chi connectivity index (χ0n) is 14.3. The maximum atomic E-state index is 4.78. The summed E-state index contributed by atoms with van der Waals surface area (Å²) in [5, 5.41) is 3.63. The first-order chi connectivity index (χ1) is 12.9. The summed E-state index contributed by atoms with van der Waals surface area (Å²) in [6, 6.07) is 34.1. The number of pyridine rings is 1. The van der Waals surface area contributed by atoms with E-state index < -0.39 is 0 Å². The molecule has 5 rings (SSSR count). The zero-order valence-corrected chi connectivity index (χ0v) is 14.3. The third kappa shape index (κ3) is 2.37. The van der Waals surface area contributed by atoms with Crippen LogP contribution in [0.15, 0.2) is 103 Å². The van der Waals surface area contributed by atoms with Gasteiger partial charge < -0.3 is 0 Å². The molecule has 26 heavy (non-hydrogen) atoms. The Morgan fingerprint density at radius 1 is 0.500 bits per heavy atom. The van der Waals surface area contributed by atoms with Crippen LogP contribution >= 0.6 is 0 Å². The lowest BCUT2D eigenvalue weighted by atomic mass is 9.93. The topological polar surface area (TPSA) is 12.9 Å². The van der Waals surface area contributed by atoms with Crippen molar-refractivity contribution in [2.75, 3.05) is 0 Å². The summed E-state index contributed by atoms with van der Waals surface area (Å²) in [5.74, 6) is 0. The third-order valence-electron chi connectivity index (χ3n) is 4.92. The standard InChI is InChI=1S/C25H17N/c1-3-8-18(9-4-1)21-16-17-26-25-23(21)15-14-20-12-7-13-22(24(20)25)19-10-5-2-6-11-19/h1-17H. The van der Waals surface area contributed by atoms with Crippen LogP contribution in [0.1, 0.15) is 0 Å². The van der Waals surface area contributed by atoms with Gasteiger partial charge in [-0.05, 0) is 33.7 Å². The number of hydrogen-bond donors (Lipinski definition) is 0. The largest absolute Gasteiger partial charge is 0.256 e. The molecule has 0 aliphatic carbocycles. The molecule has 4 aromatic carbocycles. The van der Waals surface area contributed by atoms with Crippen molar-refractivity contribution in [1.82, 2.24) is 4.98 Å². The first-order valence-corrected chi connectivity index (χ1v) is 8.83. The smallest absolute Gasteiger partial charge is 0.0792 e. The molecule has 0 saturated heterocycles. The van der Waals surface area contributed by atoms with Crippen molar-refractivity contribution >= 4 is 21.7 Å². The molecule has 0 spiro atoms. The van der Waals surface area contributed by atoms with E-state index in [1.165, 1.54) is 38.4 Å². The fourth-order valence-electron chi connectivity index (χ4n) is 3.72. The van der Waals surface area contributed by atoms with Crippen molar-refractivity contribution in [2.24, 2.45) is 0 Å². The second-order valence-electron chi connectivity index (χ2n) is 6.46. The molecule has 1 heteroatoms. The Kier molecular flexibility index (Phi) is 3.50. The van der Waals surface area contributed by atoms with Gasteiger partial charge in [-0.15, -0.1) is 0 Å². The van der Waals surface area contributed by atoms with Gasteiger partial charge in [-0.1, -0.05) is 91.0 Å². The highest BCUT2D eigenvalue weighted by atomic mass is 14.7. The van der Waals surface area contributed by atoms with E-state index in [4.69, 9.17) is 4.98 Å². The molecule has 0 aliphatic rings. The molecular formula is C25H17N. The van der Waals surface area contributed by atoms with Gasteiger partial charge in [0.15, 0.2) is 0 Å². The minimum atomic E-state index is 1.06. The Hall–Kier alpha value is -3.45. The number of hydrogen-bond acceptors (Lipinski definition) is 1. The van der Waals surface area contributed by atoms with Crippen molar-refractivity contribution in [3.8, 4) is 22.3 Å². The number of rotatable bonds is 2. The van der Waals surface area contributed by atoms with Crippen molar-refractivity contribution in [3.05, 3.63) is 103 Å². The van der Waals surface area contributed by atoms with Gasteiger partial charge in [-0.3, -0.25) is 4.98 Å². The predicted octanol–water partition coefficient (Wildman–Crippen LogP) is 6.72. The molecular weight excluding hydrogens is 314 g/mol. The molecule has 1 nitrogen and oxygen atoms in total. The van der Waals surface area contributed by atoms with Crippen LogP contribution in [0, 0.1) is 0 Å². The Labute approximate surface area is 152 Å². The Balaban J connectivity index is 1.89. The van der Waals surface area contributed by atoms with Crippen LogP contribution < -0.4 is 0 Å². The molecule has 0 unspecified atom stereocenters. The molecule has 0 N–H and O–H groups in total. The Morgan fingerprint density at radius 3 is 1.92 bits per heavy atom. The average Bonchev–Trinajstić information content (AvgIpc) is 2.74. The van der Waals surface area contributed by atoms with E-state index in [0.717, 1.165) is 5.52 Å². The van der Waals surface area contributed by atoms with E-state index in [9.17, 15) is 0 Å². The molecule has 0 amide bonds. The van der Waals surface area contributed by atoms with Crippen LogP contribution in [0.5, 0.6) is 0 Å². The zero-order chi connectivity index (χ0) is 17.3. The van der Waals surface area contributed by atoms with Crippen LogP contribution in [0.25, 0.3) is 43.9 Å². The lowest BCUT2D eigenvalue weighted by molar-refractivity contribution is 1.42. The second-order valence-corrected chi connectivity index (χ2v) is 6.46. The van der Waals surface area contributed by atoms with Gasteiger partial charge in [0.05, 0.1) is 5.52 Å². The second kappa shape index (κ2) is 6.12. The Bertz CT molecular complexity index is 1210. The van der Waals surface area contributed by atoms with Crippen LogP contribution in [0.4, 0.5) is 0 Å². The first kappa shape index (κ1) is 14.9. The molecule has 1 heterocycles. The van der Waals surface area contributed by atoms with Crippen LogP contribution in [0.2, 0.25) is 0 Å². The summed E-state index contributed by atoms with van der Waals surface area (Å²) in [7, 11) is 0. The van der Waals surface area contributed by atoms with Gasteiger partial charge in [0, 0.05) is 17.0 Å². The van der Waals surface area contributed by atoms with Gasteiger partial charge in [0.2, 0.25) is 0 Å². The van der Waals surface area contributed by atoms with Crippen LogP contribution in [-0.2, 0) is 0 Å². The number of benzene rings is 4. The predicted molar refractivity (Wildman–Crippen MR) is 110 cm³/mol. The summed E-state index contributed by atoms with van der Waals surface area (Å²) in [4.78, 5) is 4.78. The fraction of sp³-hybridized carbons (Fsp3) is 0. The molecule has 0 atom stereocenters. The average molecular weight is 331 g/mol.